The summed E-state index contributed by atoms with van der Waals surface area (Å²) in [6.45, 7) is 0. The molecule has 0 aromatic carbocycles. The van der Waals surface area contributed by atoms with Crippen molar-refractivity contribution in [1.29, 1.82) is 0 Å². The van der Waals surface area contributed by atoms with E-state index in [0.717, 1.165) is 6.42 Å². The third-order valence-corrected chi connectivity index (χ3v) is 2.24. The highest BCUT2D eigenvalue weighted by Crippen LogP contribution is 2.07. The molecule has 71 valence electrons. The summed E-state index contributed by atoms with van der Waals surface area (Å²) in [4.78, 5) is 0. The van der Waals surface area contributed by atoms with Crippen molar-refractivity contribution in [3.8, 4) is 0 Å². The minimum atomic E-state index is 1.03. The summed E-state index contributed by atoms with van der Waals surface area (Å²) in [7, 11) is 0. The van der Waals surface area contributed by atoms with E-state index in [1.165, 1.54) is 38.5 Å². The van der Waals surface area contributed by atoms with Crippen LogP contribution in [0.3, 0.4) is 0 Å². The smallest absolute Gasteiger partial charge is 0.0160 e. The molecular weight excluding hydrogens is 156 g/mol. The van der Waals surface area contributed by atoms with Crippen LogP contribution in [0.15, 0.2) is 30.4 Å². The Morgan fingerprint density at radius 1 is 0.769 bits per heavy atom. The van der Waals surface area contributed by atoms with Gasteiger partial charge in [0.05, 0.1) is 0 Å². The van der Waals surface area contributed by atoms with Gasteiger partial charge in [-0.3, -0.25) is 0 Å². The van der Waals surface area contributed by atoms with Crippen LogP contribution in [0.4, 0.5) is 0 Å². The zero-order chi connectivity index (χ0) is 9.19. The van der Waals surface area contributed by atoms with Crippen LogP contribution < -0.4 is 0 Å². The number of rotatable bonds is 0. The maximum atomic E-state index is 3.17. The lowest BCUT2D eigenvalue weighted by atomic mass is 10.1. The predicted octanol–water partition coefficient (Wildman–Crippen LogP) is 4.20. The van der Waals surface area contributed by atoms with Crippen LogP contribution in [0.25, 0.3) is 0 Å². The van der Waals surface area contributed by atoms with Gasteiger partial charge in [-0.15, -0.1) is 0 Å². The molecule has 13 heavy (non-hydrogen) atoms. The zero-order valence-corrected chi connectivity index (χ0v) is 8.34. The first kappa shape index (κ1) is 10.3. The Morgan fingerprint density at radius 3 is 2.38 bits per heavy atom. The molecule has 0 spiro atoms. The van der Waals surface area contributed by atoms with Gasteiger partial charge in [0.15, 0.2) is 0 Å². The SMILES string of the molecule is [C]1=CCC=CCCCCCCC=C1. The molecule has 0 aliphatic heterocycles. The Hall–Kier alpha value is -0.780. The molecule has 0 aromatic heterocycles. The van der Waals surface area contributed by atoms with E-state index >= 15 is 0 Å². The normalized spacial score (nSPS) is 20.3. The van der Waals surface area contributed by atoms with E-state index in [0.29, 0.717) is 0 Å². The van der Waals surface area contributed by atoms with E-state index in [2.05, 4.69) is 30.4 Å². The molecule has 1 rings (SSSR count). The van der Waals surface area contributed by atoms with Gasteiger partial charge >= 0.3 is 0 Å². The first-order valence-corrected chi connectivity index (χ1v) is 5.38. The van der Waals surface area contributed by atoms with Crippen molar-refractivity contribution >= 4 is 0 Å². The number of allylic oxidation sites excluding steroid dienone is 6. The monoisotopic (exact) mass is 175 g/mol. The molecule has 0 unspecified atom stereocenters. The highest BCUT2D eigenvalue weighted by molar-refractivity contribution is 4.98. The van der Waals surface area contributed by atoms with Gasteiger partial charge in [-0.2, -0.15) is 0 Å². The van der Waals surface area contributed by atoms with Crippen LogP contribution in [0, 0.1) is 6.08 Å². The van der Waals surface area contributed by atoms with Crippen LogP contribution in [0.5, 0.6) is 0 Å². The Balaban J connectivity index is 2.29. The van der Waals surface area contributed by atoms with E-state index in [-0.39, 0.29) is 0 Å². The second-order valence-electron chi connectivity index (χ2n) is 3.47. The van der Waals surface area contributed by atoms with E-state index in [9.17, 15) is 0 Å². The van der Waals surface area contributed by atoms with E-state index in [4.69, 9.17) is 0 Å². The van der Waals surface area contributed by atoms with Gasteiger partial charge in [-0.1, -0.05) is 43.2 Å². The van der Waals surface area contributed by atoms with Crippen LogP contribution in [-0.2, 0) is 0 Å². The summed E-state index contributed by atoms with van der Waals surface area (Å²) in [6, 6.07) is 0. The van der Waals surface area contributed by atoms with E-state index in [1.54, 1.807) is 0 Å². The second kappa shape index (κ2) is 7.85. The lowest BCUT2D eigenvalue weighted by Crippen LogP contribution is -1.76. The molecule has 0 saturated heterocycles. The predicted molar refractivity (Wildman–Crippen MR) is 58.4 cm³/mol. The van der Waals surface area contributed by atoms with Crippen molar-refractivity contribution in [2.24, 2.45) is 0 Å². The summed E-state index contributed by atoms with van der Waals surface area (Å²) < 4.78 is 0. The average molecular weight is 175 g/mol. The molecule has 1 radical (unpaired) electrons. The quantitative estimate of drug-likeness (QED) is 0.484. The van der Waals surface area contributed by atoms with Crippen LogP contribution in [-0.4, -0.2) is 0 Å². The van der Waals surface area contributed by atoms with Gasteiger partial charge in [0.2, 0.25) is 0 Å². The Morgan fingerprint density at radius 2 is 1.54 bits per heavy atom. The maximum absolute atomic E-state index is 3.17. The molecule has 0 heterocycles. The Labute approximate surface area is 82.0 Å². The maximum Gasteiger partial charge on any atom is -0.0160 e. The van der Waals surface area contributed by atoms with Crippen molar-refractivity contribution in [1.82, 2.24) is 0 Å². The topological polar surface area (TPSA) is 0 Å². The van der Waals surface area contributed by atoms with Gasteiger partial charge in [0.25, 0.3) is 0 Å². The lowest BCUT2D eigenvalue weighted by Gasteiger charge is -1.95. The van der Waals surface area contributed by atoms with Gasteiger partial charge in [-0.25, -0.2) is 0 Å². The molecule has 0 nitrogen and oxygen atoms in total. The van der Waals surface area contributed by atoms with Crippen molar-refractivity contribution < 1.29 is 0 Å². The molecule has 1 aliphatic rings. The molecule has 0 saturated carbocycles. The van der Waals surface area contributed by atoms with Crippen LogP contribution in [0.1, 0.15) is 44.9 Å². The second-order valence-corrected chi connectivity index (χ2v) is 3.47. The van der Waals surface area contributed by atoms with Gasteiger partial charge < -0.3 is 0 Å². The van der Waals surface area contributed by atoms with Gasteiger partial charge in [0, 0.05) is 0 Å². The third kappa shape index (κ3) is 6.39. The van der Waals surface area contributed by atoms with Crippen molar-refractivity contribution in [2.45, 2.75) is 44.9 Å². The Kier molecular flexibility index (Phi) is 6.22. The standard InChI is InChI=1S/C13H19/c1-2-4-6-8-10-12-13-11-9-7-5-3-1/h1-2,5,9,11H,3-4,6,8,10,12-13H2. The van der Waals surface area contributed by atoms with Gasteiger partial charge in [0.1, 0.15) is 0 Å². The minimum absolute atomic E-state index is 1.03. The highest BCUT2D eigenvalue weighted by atomic mass is 13.9. The van der Waals surface area contributed by atoms with E-state index in [1.807, 2.05) is 6.08 Å². The van der Waals surface area contributed by atoms with Crippen molar-refractivity contribution in [3.63, 3.8) is 0 Å². The fourth-order valence-electron chi connectivity index (χ4n) is 1.45. The summed E-state index contributed by atoms with van der Waals surface area (Å²) in [6.07, 6.45) is 23.0. The van der Waals surface area contributed by atoms with Crippen LogP contribution >= 0.6 is 0 Å². The summed E-state index contributed by atoms with van der Waals surface area (Å²) in [5, 5.41) is 0. The molecule has 0 N–H and O–H groups in total. The summed E-state index contributed by atoms with van der Waals surface area (Å²) >= 11 is 0. The first-order valence-electron chi connectivity index (χ1n) is 5.38. The third-order valence-electron chi connectivity index (χ3n) is 2.24. The summed E-state index contributed by atoms with van der Waals surface area (Å²) in [5.41, 5.74) is 0. The van der Waals surface area contributed by atoms with Gasteiger partial charge in [-0.05, 0) is 38.2 Å². The fourth-order valence-corrected chi connectivity index (χ4v) is 1.45. The molecule has 0 bridgehead atoms. The fraction of sp³-hybridized carbons (Fsp3) is 0.538. The Bertz CT molecular complexity index is 184. The van der Waals surface area contributed by atoms with Crippen molar-refractivity contribution in [3.05, 3.63) is 36.5 Å². The molecule has 0 fully saturated rings. The first-order chi connectivity index (χ1) is 6.50. The average Bonchev–Trinajstić information content (AvgIpc) is 2.18. The molecule has 0 heteroatoms. The minimum Gasteiger partial charge on any atom is -0.0882 e. The molecule has 0 amide bonds. The highest BCUT2D eigenvalue weighted by Gasteiger charge is 1.87. The number of hydrogen-bond acceptors (Lipinski definition) is 0. The largest absolute Gasteiger partial charge is 0.0882 e. The molecular formula is C13H19. The van der Waals surface area contributed by atoms with Crippen molar-refractivity contribution in [2.75, 3.05) is 0 Å². The lowest BCUT2D eigenvalue weighted by molar-refractivity contribution is 0.652. The summed E-state index contributed by atoms with van der Waals surface area (Å²) in [5.74, 6) is 0. The molecule has 0 aromatic rings. The molecule has 1 aliphatic carbocycles. The molecule has 0 atom stereocenters. The zero-order valence-electron chi connectivity index (χ0n) is 8.34. The number of hydrogen-bond donors (Lipinski definition) is 0. The van der Waals surface area contributed by atoms with E-state index < -0.39 is 0 Å². The van der Waals surface area contributed by atoms with Crippen LogP contribution in [0.2, 0.25) is 0 Å².